The quantitative estimate of drug-likeness (QED) is 0.908. The van der Waals surface area contributed by atoms with E-state index in [1.807, 2.05) is 6.07 Å². The van der Waals surface area contributed by atoms with Gasteiger partial charge in [-0.2, -0.15) is 0 Å². The van der Waals surface area contributed by atoms with E-state index in [0.717, 1.165) is 56.0 Å². The van der Waals surface area contributed by atoms with Crippen LogP contribution in [0.4, 0.5) is 4.39 Å². The van der Waals surface area contributed by atoms with Crippen LogP contribution in [0.3, 0.4) is 0 Å². The van der Waals surface area contributed by atoms with Gasteiger partial charge in [0, 0.05) is 19.2 Å². The fraction of sp³-hybridized carbons (Fsp3) is 0.562. The molecule has 1 aromatic carbocycles. The van der Waals surface area contributed by atoms with Gasteiger partial charge in [-0.05, 0) is 44.0 Å². The normalized spacial score (nSPS) is 21.2. The molecule has 1 fully saturated rings. The minimum absolute atomic E-state index is 0. The molecule has 0 amide bonds. The van der Waals surface area contributed by atoms with Gasteiger partial charge < -0.3 is 10.3 Å². The van der Waals surface area contributed by atoms with Crippen molar-refractivity contribution in [1.29, 1.82) is 0 Å². The summed E-state index contributed by atoms with van der Waals surface area (Å²) in [5.41, 5.74) is 7.84. The van der Waals surface area contributed by atoms with Crippen LogP contribution < -0.4 is 5.73 Å². The first-order valence-corrected chi connectivity index (χ1v) is 7.62. The van der Waals surface area contributed by atoms with Crippen LogP contribution >= 0.6 is 24.8 Å². The van der Waals surface area contributed by atoms with Crippen LogP contribution in [-0.4, -0.2) is 34.1 Å². The highest BCUT2D eigenvalue weighted by molar-refractivity contribution is 5.85. The van der Waals surface area contributed by atoms with E-state index < -0.39 is 0 Å². The van der Waals surface area contributed by atoms with Crippen molar-refractivity contribution >= 4 is 35.8 Å². The number of imidazole rings is 1. The van der Waals surface area contributed by atoms with Crippen molar-refractivity contribution in [2.75, 3.05) is 19.6 Å². The zero-order valence-electron chi connectivity index (χ0n) is 13.6. The summed E-state index contributed by atoms with van der Waals surface area (Å²) in [6.45, 7) is 8.77. The van der Waals surface area contributed by atoms with Crippen LogP contribution in [-0.2, 0) is 13.1 Å². The molecule has 23 heavy (non-hydrogen) atoms. The van der Waals surface area contributed by atoms with E-state index in [0.29, 0.717) is 0 Å². The molecule has 1 atom stereocenters. The van der Waals surface area contributed by atoms with Crippen LogP contribution in [0, 0.1) is 11.2 Å². The van der Waals surface area contributed by atoms with Crippen molar-refractivity contribution in [2.45, 2.75) is 33.4 Å². The zero-order valence-corrected chi connectivity index (χ0v) is 15.2. The Balaban J connectivity index is 0.00000132. The van der Waals surface area contributed by atoms with Gasteiger partial charge in [-0.1, -0.05) is 6.92 Å². The third kappa shape index (κ3) is 3.97. The average Bonchev–Trinajstić information content (AvgIpc) is 2.99. The third-order valence-electron chi connectivity index (χ3n) is 4.60. The standard InChI is InChI=1S/C16H23FN4.2ClH/c1-3-21-14-5-4-12(17)8-13(14)19-15(21)9-20-7-6-16(2,10-18)11-20;;/h4-5,8H,3,6-7,9-11,18H2,1-2H3;2*1H. The number of likely N-dealkylation sites (tertiary alicyclic amines) is 1. The summed E-state index contributed by atoms with van der Waals surface area (Å²) in [4.78, 5) is 7.03. The lowest BCUT2D eigenvalue weighted by atomic mass is 9.90. The zero-order chi connectivity index (χ0) is 15.0. The number of halogens is 3. The van der Waals surface area contributed by atoms with Gasteiger partial charge in [-0.25, -0.2) is 9.37 Å². The Hall–Kier alpha value is -0.880. The third-order valence-corrected chi connectivity index (χ3v) is 4.60. The van der Waals surface area contributed by atoms with Gasteiger partial charge in [0.1, 0.15) is 11.6 Å². The van der Waals surface area contributed by atoms with Crippen molar-refractivity contribution in [2.24, 2.45) is 11.1 Å². The first-order valence-electron chi connectivity index (χ1n) is 7.62. The van der Waals surface area contributed by atoms with Crippen molar-refractivity contribution in [1.82, 2.24) is 14.5 Å². The maximum absolute atomic E-state index is 13.4. The molecule has 4 nitrogen and oxygen atoms in total. The molecule has 0 aliphatic carbocycles. The van der Waals surface area contributed by atoms with E-state index in [1.54, 1.807) is 0 Å². The topological polar surface area (TPSA) is 47.1 Å². The Morgan fingerprint density at radius 3 is 2.70 bits per heavy atom. The predicted octanol–water partition coefficient (Wildman–Crippen LogP) is 3.21. The molecule has 3 rings (SSSR count). The van der Waals surface area contributed by atoms with Crippen LogP contribution in [0.1, 0.15) is 26.1 Å². The van der Waals surface area contributed by atoms with Crippen LogP contribution in [0.25, 0.3) is 11.0 Å². The van der Waals surface area contributed by atoms with Crippen molar-refractivity contribution in [3.05, 3.63) is 29.8 Å². The highest BCUT2D eigenvalue weighted by atomic mass is 35.5. The van der Waals surface area contributed by atoms with Gasteiger partial charge in [-0.3, -0.25) is 4.90 Å². The SMILES string of the molecule is CCn1c(CN2CCC(C)(CN)C2)nc2cc(F)ccc21.Cl.Cl. The molecule has 2 N–H and O–H groups in total. The summed E-state index contributed by atoms with van der Waals surface area (Å²) in [6, 6.07) is 4.83. The minimum atomic E-state index is -0.230. The molecule has 7 heteroatoms. The highest BCUT2D eigenvalue weighted by Crippen LogP contribution is 2.30. The number of nitrogens with two attached hydrogens (primary N) is 1. The Morgan fingerprint density at radius 1 is 1.35 bits per heavy atom. The maximum Gasteiger partial charge on any atom is 0.125 e. The van der Waals surface area contributed by atoms with Gasteiger partial charge in [0.15, 0.2) is 0 Å². The van der Waals surface area contributed by atoms with Gasteiger partial charge in [0.25, 0.3) is 0 Å². The van der Waals surface area contributed by atoms with Gasteiger partial charge in [0.2, 0.25) is 0 Å². The first-order chi connectivity index (χ1) is 10.0. The summed E-state index contributed by atoms with van der Waals surface area (Å²) in [5, 5.41) is 0. The van der Waals surface area contributed by atoms with Crippen molar-refractivity contribution < 1.29 is 4.39 Å². The lowest BCUT2D eigenvalue weighted by Gasteiger charge is -2.22. The number of hydrogen-bond acceptors (Lipinski definition) is 3. The largest absolute Gasteiger partial charge is 0.330 e. The Labute approximate surface area is 149 Å². The molecule has 0 saturated carbocycles. The number of benzene rings is 1. The molecule has 0 radical (unpaired) electrons. The lowest BCUT2D eigenvalue weighted by molar-refractivity contribution is 0.267. The van der Waals surface area contributed by atoms with Gasteiger partial charge in [-0.15, -0.1) is 24.8 Å². The molecule has 2 aromatic rings. The van der Waals surface area contributed by atoms with Crippen LogP contribution in [0.15, 0.2) is 18.2 Å². The van der Waals surface area contributed by atoms with E-state index in [1.165, 1.54) is 12.1 Å². The van der Waals surface area contributed by atoms with Crippen LogP contribution in [0.5, 0.6) is 0 Å². The number of fused-ring (bicyclic) bond motifs is 1. The van der Waals surface area contributed by atoms with Gasteiger partial charge >= 0.3 is 0 Å². The second kappa shape index (κ2) is 7.79. The number of rotatable bonds is 4. The van der Waals surface area contributed by atoms with Crippen molar-refractivity contribution in [3.8, 4) is 0 Å². The Kier molecular flexibility index (Phi) is 6.83. The molecular weight excluding hydrogens is 338 g/mol. The molecule has 0 spiro atoms. The van der Waals surface area contributed by atoms with Crippen LogP contribution in [0.2, 0.25) is 0 Å². The molecule has 1 aliphatic rings. The van der Waals surface area contributed by atoms with E-state index in [2.05, 4.69) is 28.3 Å². The van der Waals surface area contributed by atoms with E-state index in [9.17, 15) is 4.39 Å². The number of hydrogen-bond donors (Lipinski definition) is 1. The summed E-state index contributed by atoms with van der Waals surface area (Å²) in [6.07, 6.45) is 1.13. The van der Waals surface area contributed by atoms with E-state index in [4.69, 9.17) is 5.73 Å². The Bertz CT molecular complexity index is 661. The average molecular weight is 363 g/mol. The van der Waals surface area contributed by atoms with Crippen molar-refractivity contribution in [3.63, 3.8) is 0 Å². The molecule has 1 saturated heterocycles. The second-order valence-electron chi connectivity index (χ2n) is 6.38. The maximum atomic E-state index is 13.4. The number of aryl methyl sites for hydroxylation is 1. The van der Waals surface area contributed by atoms with Gasteiger partial charge in [0.05, 0.1) is 17.6 Å². The van der Waals surface area contributed by atoms with E-state index in [-0.39, 0.29) is 36.0 Å². The fourth-order valence-electron chi connectivity index (χ4n) is 3.25. The summed E-state index contributed by atoms with van der Waals surface area (Å²) < 4.78 is 15.5. The number of nitrogens with zero attached hydrogens (tertiary/aromatic N) is 3. The molecular formula is C16H25Cl2FN4. The second-order valence-corrected chi connectivity index (χ2v) is 6.38. The fourth-order valence-corrected chi connectivity index (χ4v) is 3.25. The molecule has 2 heterocycles. The smallest absolute Gasteiger partial charge is 0.125 e. The molecule has 1 unspecified atom stereocenters. The lowest BCUT2D eigenvalue weighted by Crippen LogP contribution is -2.31. The minimum Gasteiger partial charge on any atom is -0.330 e. The Morgan fingerprint density at radius 2 is 2.09 bits per heavy atom. The number of aromatic nitrogens is 2. The molecule has 0 bridgehead atoms. The summed E-state index contributed by atoms with van der Waals surface area (Å²) in [5.74, 6) is 0.783. The monoisotopic (exact) mass is 362 g/mol. The first kappa shape index (κ1) is 20.2. The molecule has 1 aliphatic heterocycles. The summed E-state index contributed by atoms with van der Waals surface area (Å²) >= 11 is 0. The molecule has 130 valence electrons. The molecule has 1 aromatic heterocycles. The predicted molar refractivity (Wildman–Crippen MR) is 96.9 cm³/mol. The summed E-state index contributed by atoms with van der Waals surface area (Å²) in [7, 11) is 0. The van der Waals surface area contributed by atoms with E-state index >= 15 is 0 Å². The highest BCUT2D eigenvalue weighted by Gasteiger charge is 2.32.